The van der Waals surface area contributed by atoms with Gasteiger partial charge in [0.05, 0.1) is 17.8 Å². The molecule has 144 valence electrons. The number of allylic oxidation sites excluding steroid dienone is 1. The number of rotatable bonds is 4. The number of aryl methyl sites for hydroxylation is 3. The number of amides is 1. The molecule has 1 amide bonds. The minimum absolute atomic E-state index is 0.218. The van der Waals surface area contributed by atoms with Crippen LogP contribution in [0.1, 0.15) is 36.1 Å². The van der Waals surface area contributed by atoms with Gasteiger partial charge in [-0.3, -0.25) is 9.69 Å². The highest BCUT2D eigenvalue weighted by Gasteiger charge is 2.38. The zero-order valence-corrected chi connectivity index (χ0v) is 17.0. The number of benzene rings is 2. The van der Waals surface area contributed by atoms with Gasteiger partial charge in [-0.25, -0.2) is 4.79 Å². The maximum atomic E-state index is 13.3. The number of hydrogen-bond acceptors (Lipinski definition) is 3. The Kier molecular flexibility index (Phi) is 5.50. The summed E-state index contributed by atoms with van der Waals surface area (Å²) in [6, 6.07) is 13.7. The first-order valence-corrected chi connectivity index (χ1v) is 9.42. The molecule has 0 atom stereocenters. The van der Waals surface area contributed by atoms with Gasteiger partial charge in [-0.15, -0.1) is 0 Å². The van der Waals surface area contributed by atoms with E-state index in [1.165, 1.54) is 0 Å². The van der Waals surface area contributed by atoms with Gasteiger partial charge in [-0.2, -0.15) is 0 Å². The molecule has 4 heteroatoms. The SMILES string of the molecule is CCOC(=O)C1=C(C)N(c2ccc(C)c(C)c2)C(=O)/C1=C\c1ccc(C)cc1. The Morgan fingerprint density at radius 1 is 1.00 bits per heavy atom. The molecule has 4 nitrogen and oxygen atoms in total. The number of nitrogens with zero attached hydrogens (tertiary/aromatic N) is 1. The first kappa shape index (κ1) is 19.6. The lowest BCUT2D eigenvalue weighted by Crippen LogP contribution is -2.24. The van der Waals surface area contributed by atoms with E-state index in [0.717, 1.165) is 27.9 Å². The van der Waals surface area contributed by atoms with Crippen LogP contribution in [-0.2, 0) is 14.3 Å². The van der Waals surface area contributed by atoms with Crippen molar-refractivity contribution in [3.05, 3.63) is 81.6 Å². The fourth-order valence-corrected chi connectivity index (χ4v) is 3.29. The molecule has 0 radical (unpaired) electrons. The summed E-state index contributed by atoms with van der Waals surface area (Å²) in [5.74, 6) is -0.692. The molecule has 0 saturated heterocycles. The van der Waals surface area contributed by atoms with Gasteiger partial charge in [-0.05, 0) is 69.5 Å². The van der Waals surface area contributed by atoms with Gasteiger partial charge in [0.15, 0.2) is 0 Å². The third-order valence-electron chi connectivity index (χ3n) is 5.02. The Hall–Kier alpha value is -3.14. The Bertz CT molecular complexity index is 997. The molecule has 0 spiro atoms. The van der Waals surface area contributed by atoms with E-state index in [1.807, 2.05) is 63.2 Å². The van der Waals surface area contributed by atoms with E-state index in [0.29, 0.717) is 16.8 Å². The Labute approximate surface area is 166 Å². The molecule has 3 rings (SSSR count). The summed E-state index contributed by atoms with van der Waals surface area (Å²) in [5, 5.41) is 0. The van der Waals surface area contributed by atoms with E-state index in [9.17, 15) is 9.59 Å². The molecular formula is C24H25NO3. The van der Waals surface area contributed by atoms with Gasteiger partial charge in [0.1, 0.15) is 0 Å². The van der Waals surface area contributed by atoms with Crippen molar-refractivity contribution in [1.29, 1.82) is 0 Å². The number of hydrogen-bond donors (Lipinski definition) is 0. The fraction of sp³-hybridized carbons (Fsp3) is 0.250. The molecule has 0 N–H and O–H groups in total. The molecule has 0 fully saturated rings. The number of ether oxygens (including phenoxy) is 1. The van der Waals surface area contributed by atoms with E-state index < -0.39 is 5.97 Å². The third-order valence-corrected chi connectivity index (χ3v) is 5.02. The molecule has 28 heavy (non-hydrogen) atoms. The zero-order valence-electron chi connectivity index (χ0n) is 17.0. The van der Waals surface area contributed by atoms with Crippen LogP contribution in [0.5, 0.6) is 0 Å². The summed E-state index contributed by atoms with van der Waals surface area (Å²) in [6.07, 6.45) is 1.76. The second-order valence-electron chi connectivity index (χ2n) is 7.06. The van der Waals surface area contributed by atoms with Crippen LogP contribution in [0.3, 0.4) is 0 Å². The van der Waals surface area contributed by atoms with Crippen molar-refractivity contribution in [2.45, 2.75) is 34.6 Å². The van der Waals surface area contributed by atoms with Crippen molar-refractivity contribution in [1.82, 2.24) is 0 Å². The van der Waals surface area contributed by atoms with E-state index in [4.69, 9.17) is 4.74 Å². The normalized spacial score (nSPS) is 15.5. The van der Waals surface area contributed by atoms with Crippen LogP contribution in [0.4, 0.5) is 5.69 Å². The lowest BCUT2D eigenvalue weighted by Gasteiger charge is -2.19. The Morgan fingerprint density at radius 2 is 1.68 bits per heavy atom. The van der Waals surface area contributed by atoms with Gasteiger partial charge in [0, 0.05) is 11.4 Å². The molecule has 1 heterocycles. The van der Waals surface area contributed by atoms with Crippen LogP contribution in [0.2, 0.25) is 0 Å². The Balaban J connectivity index is 2.13. The maximum Gasteiger partial charge on any atom is 0.340 e. The van der Waals surface area contributed by atoms with Gasteiger partial charge in [0.2, 0.25) is 0 Å². The van der Waals surface area contributed by atoms with Gasteiger partial charge in [0.25, 0.3) is 5.91 Å². The van der Waals surface area contributed by atoms with Crippen molar-refractivity contribution in [2.75, 3.05) is 11.5 Å². The highest BCUT2D eigenvalue weighted by atomic mass is 16.5. The topological polar surface area (TPSA) is 46.6 Å². The smallest absolute Gasteiger partial charge is 0.340 e. The van der Waals surface area contributed by atoms with Crippen LogP contribution in [-0.4, -0.2) is 18.5 Å². The standard InChI is InChI=1S/C24H25NO3/c1-6-28-24(27)22-18(5)25(20-12-9-16(3)17(4)13-20)23(26)21(22)14-19-10-7-15(2)8-11-19/h7-14H,6H2,1-5H3/b21-14-. The van der Waals surface area contributed by atoms with Crippen LogP contribution in [0.25, 0.3) is 6.08 Å². The molecule has 1 aliphatic rings. The van der Waals surface area contributed by atoms with E-state index in [1.54, 1.807) is 24.8 Å². The predicted octanol–water partition coefficient (Wildman–Crippen LogP) is 4.88. The van der Waals surface area contributed by atoms with Crippen molar-refractivity contribution in [2.24, 2.45) is 0 Å². The van der Waals surface area contributed by atoms with Gasteiger partial charge in [-0.1, -0.05) is 35.9 Å². The summed E-state index contributed by atoms with van der Waals surface area (Å²) in [7, 11) is 0. The number of anilines is 1. The zero-order chi connectivity index (χ0) is 20.4. The van der Waals surface area contributed by atoms with Crippen molar-refractivity contribution in [3.8, 4) is 0 Å². The summed E-state index contributed by atoms with van der Waals surface area (Å²) in [6.45, 7) is 9.84. The quantitative estimate of drug-likeness (QED) is 0.565. The summed E-state index contributed by atoms with van der Waals surface area (Å²) < 4.78 is 5.24. The molecule has 0 aliphatic carbocycles. The van der Waals surface area contributed by atoms with E-state index >= 15 is 0 Å². The molecule has 2 aromatic carbocycles. The van der Waals surface area contributed by atoms with Crippen LogP contribution >= 0.6 is 0 Å². The van der Waals surface area contributed by atoms with Gasteiger partial charge >= 0.3 is 5.97 Å². The second-order valence-corrected chi connectivity index (χ2v) is 7.06. The van der Waals surface area contributed by atoms with Crippen LogP contribution < -0.4 is 4.90 Å². The molecule has 0 aromatic heterocycles. The fourth-order valence-electron chi connectivity index (χ4n) is 3.29. The van der Waals surface area contributed by atoms with E-state index in [2.05, 4.69) is 0 Å². The monoisotopic (exact) mass is 375 g/mol. The average Bonchev–Trinajstić information content (AvgIpc) is 2.90. The highest BCUT2D eigenvalue weighted by Crippen LogP contribution is 2.36. The first-order chi connectivity index (χ1) is 13.3. The number of carbonyl (C=O) groups excluding carboxylic acids is 2. The predicted molar refractivity (Wildman–Crippen MR) is 112 cm³/mol. The van der Waals surface area contributed by atoms with Crippen LogP contribution in [0, 0.1) is 20.8 Å². The van der Waals surface area contributed by atoms with Crippen molar-refractivity contribution >= 4 is 23.6 Å². The van der Waals surface area contributed by atoms with Crippen molar-refractivity contribution in [3.63, 3.8) is 0 Å². The van der Waals surface area contributed by atoms with Crippen LogP contribution in [0.15, 0.2) is 59.3 Å². The molecule has 0 bridgehead atoms. The Morgan fingerprint density at radius 3 is 2.29 bits per heavy atom. The van der Waals surface area contributed by atoms with E-state index in [-0.39, 0.29) is 12.5 Å². The van der Waals surface area contributed by atoms with Gasteiger partial charge < -0.3 is 4.74 Å². The lowest BCUT2D eigenvalue weighted by molar-refractivity contribution is -0.138. The molecule has 2 aromatic rings. The number of carbonyl (C=O) groups is 2. The summed E-state index contributed by atoms with van der Waals surface area (Å²) in [5.41, 5.74) is 6.26. The lowest BCUT2D eigenvalue weighted by atomic mass is 10.0. The summed E-state index contributed by atoms with van der Waals surface area (Å²) >= 11 is 0. The minimum Gasteiger partial charge on any atom is -0.462 e. The average molecular weight is 375 g/mol. The number of esters is 1. The molecule has 0 unspecified atom stereocenters. The third kappa shape index (κ3) is 3.63. The second kappa shape index (κ2) is 7.85. The summed E-state index contributed by atoms with van der Waals surface area (Å²) in [4.78, 5) is 27.6. The van der Waals surface area contributed by atoms with Crippen molar-refractivity contribution < 1.29 is 14.3 Å². The largest absolute Gasteiger partial charge is 0.462 e. The molecule has 1 aliphatic heterocycles. The minimum atomic E-state index is -0.474. The highest BCUT2D eigenvalue weighted by molar-refractivity contribution is 6.23. The molecular weight excluding hydrogens is 350 g/mol. The first-order valence-electron chi connectivity index (χ1n) is 9.42. The molecule has 0 saturated carbocycles. The maximum absolute atomic E-state index is 13.3.